The number of nitrogens with one attached hydrogen (secondary N) is 1. The van der Waals surface area contributed by atoms with Gasteiger partial charge in [0.2, 0.25) is 5.75 Å². The summed E-state index contributed by atoms with van der Waals surface area (Å²) in [6, 6.07) is 14.0. The molecule has 28 heavy (non-hydrogen) atoms. The van der Waals surface area contributed by atoms with Gasteiger partial charge in [-0.25, -0.2) is 0 Å². The van der Waals surface area contributed by atoms with Crippen LogP contribution in [0.5, 0.6) is 17.2 Å². The number of hydrogen-bond donors (Lipinski definition) is 1. The molecule has 150 valence electrons. The molecule has 0 aromatic heterocycles. The van der Waals surface area contributed by atoms with Crippen LogP contribution in [0, 0.1) is 0 Å². The zero-order valence-electron chi connectivity index (χ0n) is 16.6. The van der Waals surface area contributed by atoms with Gasteiger partial charge in [-0.15, -0.1) is 0 Å². The van der Waals surface area contributed by atoms with Gasteiger partial charge in [0.05, 0.1) is 21.3 Å². The lowest BCUT2D eigenvalue weighted by molar-refractivity contribution is 0.175. The molecule has 2 aromatic rings. The van der Waals surface area contributed by atoms with Gasteiger partial charge in [0.1, 0.15) is 0 Å². The minimum atomic E-state index is 0.634. The standard InChI is InChI=1S/C21H27N3O3S/c1-25-18-10-9-16(19(26-2)20(18)27-3)15-23-11-13-24(14-12-23)21(28)22-17-7-5-4-6-8-17/h4-10H,11-15H2,1-3H3,(H,22,28). The molecule has 1 fully saturated rings. The van der Waals surface area contributed by atoms with Gasteiger partial charge in [-0.05, 0) is 30.4 Å². The average molecular weight is 402 g/mol. The maximum atomic E-state index is 5.60. The summed E-state index contributed by atoms with van der Waals surface area (Å²) in [6.07, 6.45) is 0. The molecular weight excluding hydrogens is 374 g/mol. The molecule has 1 aliphatic heterocycles. The summed E-state index contributed by atoms with van der Waals surface area (Å²) >= 11 is 5.57. The number of thiocarbonyl (C=S) groups is 1. The van der Waals surface area contributed by atoms with Gasteiger partial charge >= 0.3 is 0 Å². The van der Waals surface area contributed by atoms with Crippen LogP contribution in [0.15, 0.2) is 42.5 Å². The second-order valence-electron chi connectivity index (χ2n) is 6.55. The Morgan fingerprint density at radius 1 is 0.893 bits per heavy atom. The molecule has 0 spiro atoms. The summed E-state index contributed by atoms with van der Waals surface area (Å²) in [7, 11) is 4.92. The highest BCUT2D eigenvalue weighted by molar-refractivity contribution is 7.80. The Morgan fingerprint density at radius 2 is 1.57 bits per heavy atom. The first-order valence-electron chi connectivity index (χ1n) is 9.27. The van der Waals surface area contributed by atoms with Crippen LogP contribution in [0.4, 0.5) is 5.69 Å². The van der Waals surface area contributed by atoms with Crippen LogP contribution in [-0.2, 0) is 6.54 Å². The Hall–Kier alpha value is -2.51. The summed E-state index contributed by atoms with van der Waals surface area (Å²) in [5.74, 6) is 2.03. The average Bonchev–Trinajstić information content (AvgIpc) is 2.74. The van der Waals surface area contributed by atoms with Crippen LogP contribution >= 0.6 is 12.2 Å². The fourth-order valence-corrected chi connectivity index (χ4v) is 3.66. The summed E-state index contributed by atoms with van der Waals surface area (Å²) in [5.41, 5.74) is 2.10. The van der Waals surface area contributed by atoms with E-state index in [4.69, 9.17) is 26.4 Å². The fourth-order valence-electron chi connectivity index (χ4n) is 3.36. The molecule has 1 aliphatic rings. The third-order valence-electron chi connectivity index (χ3n) is 4.86. The van der Waals surface area contributed by atoms with E-state index in [1.807, 2.05) is 42.5 Å². The normalized spacial score (nSPS) is 14.5. The molecule has 3 rings (SSSR count). The van der Waals surface area contributed by atoms with Crippen LogP contribution in [-0.4, -0.2) is 62.4 Å². The summed E-state index contributed by atoms with van der Waals surface area (Å²) < 4.78 is 16.5. The molecule has 1 saturated heterocycles. The van der Waals surface area contributed by atoms with E-state index in [2.05, 4.69) is 15.1 Å². The Bertz CT molecular complexity index is 793. The molecular formula is C21H27N3O3S. The predicted molar refractivity (Wildman–Crippen MR) is 116 cm³/mol. The number of hydrogen-bond acceptors (Lipinski definition) is 5. The number of benzene rings is 2. The number of para-hydroxylation sites is 1. The Labute approximate surface area is 172 Å². The van der Waals surface area contributed by atoms with Crippen LogP contribution in [0.3, 0.4) is 0 Å². The highest BCUT2D eigenvalue weighted by Crippen LogP contribution is 2.40. The molecule has 0 bridgehead atoms. The monoisotopic (exact) mass is 401 g/mol. The topological polar surface area (TPSA) is 46.2 Å². The second kappa shape index (κ2) is 9.61. The van der Waals surface area contributed by atoms with Crippen LogP contribution in [0.2, 0.25) is 0 Å². The van der Waals surface area contributed by atoms with Gasteiger partial charge in [-0.2, -0.15) is 0 Å². The quantitative estimate of drug-likeness (QED) is 0.746. The predicted octanol–water partition coefficient (Wildman–Crippen LogP) is 3.23. The zero-order valence-corrected chi connectivity index (χ0v) is 17.4. The number of piperazine rings is 1. The van der Waals surface area contributed by atoms with Gasteiger partial charge in [-0.1, -0.05) is 24.3 Å². The second-order valence-corrected chi connectivity index (χ2v) is 6.94. The summed E-state index contributed by atoms with van der Waals surface area (Å²) in [6.45, 7) is 4.40. The third-order valence-corrected chi connectivity index (χ3v) is 5.22. The van der Waals surface area contributed by atoms with Crippen molar-refractivity contribution < 1.29 is 14.2 Å². The first-order valence-corrected chi connectivity index (χ1v) is 9.68. The van der Waals surface area contributed by atoms with Crippen LogP contribution < -0.4 is 19.5 Å². The highest BCUT2D eigenvalue weighted by Gasteiger charge is 2.22. The molecule has 0 amide bonds. The minimum Gasteiger partial charge on any atom is -0.493 e. The van der Waals surface area contributed by atoms with Crippen molar-refractivity contribution in [1.82, 2.24) is 9.80 Å². The van der Waals surface area contributed by atoms with Crippen molar-refractivity contribution in [2.75, 3.05) is 52.8 Å². The molecule has 0 radical (unpaired) electrons. The van der Waals surface area contributed by atoms with Crippen LogP contribution in [0.25, 0.3) is 0 Å². The van der Waals surface area contributed by atoms with E-state index in [1.165, 1.54) is 0 Å². The van der Waals surface area contributed by atoms with Crippen molar-refractivity contribution in [3.05, 3.63) is 48.0 Å². The van der Waals surface area contributed by atoms with Crippen molar-refractivity contribution in [2.24, 2.45) is 0 Å². The SMILES string of the molecule is COc1ccc(CN2CCN(C(=S)Nc3ccccc3)CC2)c(OC)c1OC. The lowest BCUT2D eigenvalue weighted by atomic mass is 10.1. The molecule has 0 aliphatic carbocycles. The maximum Gasteiger partial charge on any atom is 0.203 e. The Kier molecular flexibility index (Phi) is 6.95. The molecule has 2 aromatic carbocycles. The summed E-state index contributed by atoms with van der Waals surface area (Å²) in [5, 5.41) is 4.08. The third kappa shape index (κ3) is 4.66. The van der Waals surface area contributed by atoms with E-state index in [1.54, 1.807) is 21.3 Å². The van der Waals surface area contributed by atoms with E-state index in [-0.39, 0.29) is 0 Å². The molecule has 1 heterocycles. The van der Waals surface area contributed by atoms with Crippen molar-refractivity contribution in [2.45, 2.75) is 6.54 Å². The van der Waals surface area contributed by atoms with E-state index in [0.717, 1.165) is 54.8 Å². The van der Waals surface area contributed by atoms with Crippen molar-refractivity contribution in [3.8, 4) is 17.2 Å². The maximum absolute atomic E-state index is 5.60. The molecule has 1 N–H and O–H groups in total. The zero-order chi connectivity index (χ0) is 19.9. The highest BCUT2D eigenvalue weighted by atomic mass is 32.1. The molecule has 0 unspecified atom stereocenters. The number of anilines is 1. The Balaban J connectivity index is 1.59. The fraction of sp³-hybridized carbons (Fsp3) is 0.381. The largest absolute Gasteiger partial charge is 0.493 e. The number of methoxy groups -OCH3 is 3. The van der Waals surface area contributed by atoms with Crippen molar-refractivity contribution in [1.29, 1.82) is 0 Å². The smallest absolute Gasteiger partial charge is 0.203 e. The Morgan fingerprint density at radius 3 is 2.18 bits per heavy atom. The number of nitrogens with zero attached hydrogens (tertiary/aromatic N) is 2. The first-order chi connectivity index (χ1) is 13.7. The van der Waals surface area contributed by atoms with Crippen molar-refractivity contribution in [3.63, 3.8) is 0 Å². The molecule has 0 saturated carbocycles. The van der Waals surface area contributed by atoms with E-state index < -0.39 is 0 Å². The summed E-state index contributed by atoms with van der Waals surface area (Å²) in [4.78, 5) is 4.61. The van der Waals surface area contributed by atoms with E-state index in [9.17, 15) is 0 Å². The lowest BCUT2D eigenvalue weighted by Gasteiger charge is -2.36. The molecule has 7 heteroatoms. The first kappa shape index (κ1) is 20.2. The number of ether oxygens (including phenoxy) is 3. The van der Waals surface area contributed by atoms with Crippen LogP contribution in [0.1, 0.15) is 5.56 Å². The lowest BCUT2D eigenvalue weighted by Crippen LogP contribution is -2.49. The van der Waals surface area contributed by atoms with Gasteiger partial charge in [0, 0.05) is 44.0 Å². The molecule has 0 atom stereocenters. The van der Waals surface area contributed by atoms with Gasteiger partial charge in [0.25, 0.3) is 0 Å². The van der Waals surface area contributed by atoms with Gasteiger partial charge < -0.3 is 24.4 Å². The van der Waals surface area contributed by atoms with Gasteiger partial charge in [0.15, 0.2) is 16.6 Å². The molecule has 6 nitrogen and oxygen atoms in total. The minimum absolute atomic E-state index is 0.634. The van der Waals surface area contributed by atoms with E-state index in [0.29, 0.717) is 11.5 Å². The van der Waals surface area contributed by atoms with Gasteiger partial charge in [-0.3, -0.25) is 4.90 Å². The van der Waals surface area contributed by atoms with E-state index >= 15 is 0 Å². The number of rotatable bonds is 6. The van der Waals surface area contributed by atoms with Crippen molar-refractivity contribution >= 4 is 23.0 Å².